The summed E-state index contributed by atoms with van der Waals surface area (Å²) in [5.41, 5.74) is 1.41. The van der Waals surface area contributed by atoms with E-state index in [9.17, 15) is 13.2 Å². The summed E-state index contributed by atoms with van der Waals surface area (Å²) in [5.74, 6) is -0.203. The van der Waals surface area contributed by atoms with Gasteiger partial charge in [-0.1, -0.05) is 15.9 Å². The van der Waals surface area contributed by atoms with Gasteiger partial charge in [0, 0.05) is 17.6 Å². The number of sulfonamides is 1. The molecule has 0 aliphatic rings. The summed E-state index contributed by atoms with van der Waals surface area (Å²) in [6, 6.07) is 5.22. The van der Waals surface area contributed by atoms with E-state index in [0.29, 0.717) is 18.8 Å². The summed E-state index contributed by atoms with van der Waals surface area (Å²) in [7, 11) is -3.52. The number of hydrogen-bond acceptors (Lipinski definition) is 3. The third-order valence-electron chi connectivity index (χ3n) is 3.22. The fraction of sp³-hybridized carbons (Fsp3) is 0.500. The molecule has 0 saturated carbocycles. The fourth-order valence-corrected chi connectivity index (χ4v) is 3.07. The SMILES string of the molecule is CCN(CC)C(=O)CN(c1ccc(Br)c(C)c1)S(C)(=O)=O. The number of carbonyl (C=O) groups excluding carboxylic acids is 1. The van der Waals surface area contributed by atoms with E-state index in [1.807, 2.05) is 20.8 Å². The third-order valence-corrected chi connectivity index (χ3v) is 5.26. The van der Waals surface area contributed by atoms with E-state index < -0.39 is 10.0 Å². The van der Waals surface area contributed by atoms with E-state index in [-0.39, 0.29) is 12.5 Å². The summed E-state index contributed by atoms with van der Waals surface area (Å²) in [4.78, 5) is 13.8. The van der Waals surface area contributed by atoms with Crippen molar-refractivity contribution in [2.24, 2.45) is 0 Å². The monoisotopic (exact) mass is 376 g/mol. The molecule has 1 rings (SSSR count). The van der Waals surface area contributed by atoms with Crippen LogP contribution in [0.1, 0.15) is 19.4 Å². The Kier molecular flexibility index (Phi) is 6.22. The zero-order chi connectivity index (χ0) is 16.2. The van der Waals surface area contributed by atoms with Gasteiger partial charge in [0.1, 0.15) is 6.54 Å². The van der Waals surface area contributed by atoms with Gasteiger partial charge in [-0.05, 0) is 44.5 Å². The molecule has 1 amide bonds. The van der Waals surface area contributed by atoms with Crippen LogP contribution in [0, 0.1) is 6.92 Å². The lowest BCUT2D eigenvalue weighted by Crippen LogP contribution is -2.42. The molecule has 0 fully saturated rings. The average molecular weight is 377 g/mol. The highest BCUT2D eigenvalue weighted by molar-refractivity contribution is 9.10. The molecule has 0 aliphatic heterocycles. The van der Waals surface area contributed by atoms with Crippen LogP contribution < -0.4 is 4.31 Å². The van der Waals surface area contributed by atoms with Crippen molar-refractivity contribution in [1.82, 2.24) is 4.90 Å². The maximum absolute atomic E-state index is 12.2. The highest BCUT2D eigenvalue weighted by Crippen LogP contribution is 2.24. The van der Waals surface area contributed by atoms with Crippen LogP contribution in [-0.4, -0.2) is 45.1 Å². The van der Waals surface area contributed by atoms with Gasteiger partial charge in [-0.25, -0.2) is 8.42 Å². The second kappa shape index (κ2) is 7.26. The average Bonchev–Trinajstić information content (AvgIpc) is 2.39. The van der Waals surface area contributed by atoms with Crippen LogP contribution in [-0.2, 0) is 14.8 Å². The molecule has 7 heteroatoms. The molecule has 0 atom stereocenters. The first-order valence-corrected chi connectivity index (χ1v) is 9.36. The normalized spacial score (nSPS) is 11.3. The molecule has 0 N–H and O–H groups in total. The van der Waals surface area contributed by atoms with Crippen molar-refractivity contribution in [1.29, 1.82) is 0 Å². The number of hydrogen-bond donors (Lipinski definition) is 0. The van der Waals surface area contributed by atoms with Gasteiger partial charge >= 0.3 is 0 Å². The minimum Gasteiger partial charge on any atom is -0.342 e. The molecule has 5 nitrogen and oxygen atoms in total. The van der Waals surface area contributed by atoms with Crippen LogP contribution in [0.3, 0.4) is 0 Å². The first kappa shape index (κ1) is 18.0. The number of anilines is 1. The van der Waals surface area contributed by atoms with Crippen LogP contribution in [0.25, 0.3) is 0 Å². The highest BCUT2D eigenvalue weighted by atomic mass is 79.9. The maximum atomic E-state index is 12.2. The van der Waals surface area contributed by atoms with Crippen molar-refractivity contribution in [3.05, 3.63) is 28.2 Å². The van der Waals surface area contributed by atoms with Gasteiger partial charge in [-0.3, -0.25) is 9.10 Å². The number of aryl methyl sites for hydroxylation is 1. The van der Waals surface area contributed by atoms with Crippen LogP contribution >= 0.6 is 15.9 Å². The smallest absolute Gasteiger partial charge is 0.243 e. The summed E-state index contributed by atoms with van der Waals surface area (Å²) >= 11 is 3.38. The minimum absolute atomic E-state index is 0.179. The fourth-order valence-electron chi connectivity index (χ4n) is 1.98. The van der Waals surface area contributed by atoms with Crippen LogP contribution in [0.15, 0.2) is 22.7 Å². The number of halogens is 1. The highest BCUT2D eigenvalue weighted by Gasteiger charge is 2.23. The Hall–Kier alpha value is -1.08. The molecular formula is C14H21BrN2O3S. The van der Waals surface area contributed by atoms with E-state index in [1.165, 1.54) is 0 Å². The van der Waals surface area contributed by atoms with Crippen molar-refractivity contribution >= 4 is 37.5 Å². The summed E-state index contributed by atoms with van der Waals surface area (Å²) in [6.07, 6.45) is 1.11. The minimum atomic E-state index is -3.52. The van der Waals surface area contributed by atoms with E-state index in [4.69, 9.17) is 0 Å². The molecule has 0 radical (unpaired) electrons. The molecular weight excluding hydrogens is 356 g/mol. The zero-order valence-electron chi connectivity index (χ0n) is 12.8. The first-order valence-electron chi connectivity index (χ1n) is 6.72. The van der Waals surface area contributed by atoms with Gasteiger partial charge in [0.15, 0.2) is 0 Å². The number of nitrogens with zero attached hydrogens (tertiary/aromatic N) is 2. The van der Waals surface area contributed by atoms with Crippen molar-refractivity contribution < 1.29 is 13.2 Å². The lowest BCUT2D eigenvalue weighted by molar-refractivity contribution is -0.129. The molecule has 1 aromatic carbocycles. The number of benzene rings is 1. The zero-order valence-corrected chi connectivity index (χ0v) is 15.2. The Bertz CT molecular complexity index is 613. The van der Waals surface area contributed by atoms with Crippen LogP contribution in [0.5, 0.6) is 0 Å². The molecule has 1 aromatic rings. The summed E-state index contributed by atoms with van der Waals surface area (Å²) in [6.45, 7) is 6.56. The number of likely N-dealkylation sites (N-methyl/N-ethyl adjacent to an activating group) is 1. The second-order valence-electron chi connectivity index (χ2n) is 4.77. The Balaban J connectivity index is 3.13. The molecule has 118 valence electrons. The lowest BCUT2D eigenvalue weighted by atomic mass is 10.2. The molecule has 0 aromatic heterocycles. The van der Waals surface area contributed by atoms with Gasteiger partial charge in [-0.15, -0.1) is 0 Å². The number of carbonyl (C=O) groups is 1. The third kappa shape index (κ3) is 4.71. The summed E-state index contributed by atoms with van der Waals surface area (Å²) < 4.78 is 26.1. The molecule has 0 bridgehead atoms. The van der Waals surface area contributed by atoms with E-state index in [2.05, 4.69) is 15.9 Å². The molecule has 0 aliphatic carbocycles. The lowest BCUT2D eigenvalue weighted by Gasteiger charge is -2.26. The van der Waals surface area contributed by atoms with E-state index in [0.717, 1.165) is 20.6 Å². The molecule has 0 heterocycles. The van der Waals surface area contributed by atoms with E-state index >= 15 is 0 Å². The predicted octanol–water partition coefficient (Wildman–Crippen LogP) is 2.39. The van der Waals surface area contributed by atoms with Gasteiger partial charge in [0.05, 0.1) is 11.9 Å². The van der Waals surface area contributed by atoms with Crippen molar-refractivity contribution in [3.8, 4) is 0 Å². The molecule has 0 saturated heterocycles. The van der Waals surface area contributed by atoms with Crippen LogP contribution in [0.4, 0.5) is 5.69 Å². The van der Waals surface area contributed by atoms with Crippen molar-refractivity contribution in [2.75, 3.05) is 30.2 Å². The van der Waals surface area contributed by atoms with Crippen LogP contribution in [0.2, 0.25) is 0 Å². The first-order chi connectivity index (χ1) is 9.70. The standard InChI is InChI=1S/C14H21BrN2O3S/c1-5-16(6-2)14(18)10-17(21(4,19)20)12-7-8-13(15)11(3)9-12/h7-9H,5-6,10H2,1-4H3. The quantitative estimate of drug-likeness (QED) is 0.765. The van der Waals surface area contributed by atoms with E-state index in [1.54, 1.807) is 23.1 Å². The summed E-state index contributed by atoms with van der Waals surface area (Å²) in [5, 5.41) is 0. The Morgan fingerprint density at radius 1 is 1.24 bits per heavy atom. The number of rotatable bonds is 6. The van der Waals surface area contributed by atoms with Crippen molar-refractivity contribution in [2.45, 2.75) is 20.8 Å². The maximum Gasteiger partial charge on any atom is 0.243 e. The van der Waals surface area contributed by atoms with Gasteiger partial charge in [-0.2, -0.15) is 0 Å². The van der Waals surface area contributed by atoms with Gasteiger partial charge < -0.3 is 4.90 Å². The Morgan fingerprint density at radius 2 is 1.81 bits per heavy atom. The molecule has 21 heavy (non-hydrogen) atoms. The Morgan fingerprint density at radius 3 is 2.24 bits per heavy atom. The molecule has 0 spiro atoms. The molecule has 0 unspecified atom stereocenters. The van der Waals surface area contributed by atoms with Crippen molar-refractivity contribution in [3.63, 3.8) is 0 Å². The predicted molar refractivity (Wildman–Crippen MR) is 89.0 cm³/mol. The Labute approximate surface area is 135 Å². The van der Waals surface area contributed by atoms with Gasteiger partial charge in [0.25, 0.3) is 0 Å². The topological polar surface area (TPSA) is 57.7 Å². The van der Waals surface area contributed by atoms with Gasteiger partial charge in [0.2, 0.25) is 15.9 Å². The second-order valence-corrected chi connectivity index (χ2v) is 7.53. The number of amides is 1. The largest absolute Gasteiger partial charge is 0.342 e.